The fraction of sp³-hybridized carbons (Fsp3) is 0.389. The molecule has 1 aromatic rings. The summed E-state index contributed by atoms with van der Waals surface area (Å²) in [6, 6.07) is 2.85. The molecule has 1 heterocycles. The highest BCUT2D eigenvalue weighted by molar-refractivity contribution is 7.91. The number of benzene rings is 1. The number of fused-ring (bicyclic) bond motifs is 1. The number of oxime groups is 1. The molecule has 1 aromatic carbocycles. The minimum Gasteiger partial charge on any atom is -0.399 e. The highest BCUT2D eigenvalue weighted by Crippen LogP contribution is 2.33. The molecule has 8 heteroatoms. The standard InChI is InChI=1S/C18H18ClNO5S/c1-10-11(18(22)17-12(19)4-3-5-14(17)21)6-7-15-16(10)13(20-25-2)8-9-26(15,23)24/h6-7H,3-5,8-9H2,1-2H3/b20-13+. The van der Waals surface area contributed by atoms with Crippen molar-refractivity contribution in [3.8, 4) is 0 Å². The Labute approximate surface area is 156 Å². The van der Waals surface area contributed by atoms with Crippen LogP contribution >= 0.6 is 11.6 Å². The van der Waals surface area contributed by atoms with Gasteiger partial charge in [0.15, 0.2) is 21.4 Å². The van der Waals surface area contributed by atoms with Crippen molar-refractivity contribution in [1.82, 2.24) is 0 Å². The first-order valence-corrected chi connectivity index (χ1v) is 10.2. The average molecular weight is 396 g/mol. The maximum atomic E-state index is 13.0. The van der Waals surface area contributed by atoms with E-state index in [0.717, 1.165) is 0 Å². The first kappa shape index (κ1) is 18.8. The Morgan fingerprint density at radius 1 is 1.23 bits per heavy atom. The van der Waals surface area contributed by atoms with Crippen LogP contribution in [0, 0.1) is 6.92 Å². The van der Waals surface area contributed by atoms with Gasteiger partial charge in [-0.05, 0) is 37.5 Å². The van der Waals surface area contributed by atoms with E-state index in [4.69, 9.17) is 16.4 Å². The molecular weight excluding hydrogens is 378 g/mol. The number of hydrogen-bond acceptors (Lipinski definition) is 6. The van der Waals surface area contributed by atoms with Gasteiger partial charge in [-0.1, -0.05) is 16.8 Å². The van der Waals surface area contributed by atoms with Gasteiger partial charge < -0.3 is 4.84 Å². The molecule has 1 aliphatic heterocycles. The molecule has 1 aliphatic carbocycles. The zero-order valence-corrected chi connectivity index (χ0v) is 16.0. The number of Topliss-reactive ketones (excluding diaryl/α,β-unsaturated/α-hetero) is 2. The molecule has 0 radical (unpaired) electrons. The van der Waals surface area contributed by atoms with Crippen molar-refractivity contribution in [3.63, 3.8) is 0 Å². The van der Waals surface area contributed by atoms with E-state index in [0.29, 0.717) is 29.7 Å². The first-order valence-electron chi connectivity index (χ1n) is 8.21. The molecule has 0 spiro atoms. The summed E-state index contributed by atoms with van der Waals surface area (Å²) in [4.78, 5) is 30.1. The Kier molecular flexibility index (Phi) is 5.03. The van der Waals surface area contributed by atoms with Crippen molar-refractivity contribution in [1.29, 1.82) is 0 Å². The monoisotopic (exact) mass is 395 g/mol. The van der Waals surface area contributed by atoms with Gasteiger partial charge in [0, 0.05) is 29.0 Å². The molecule has 0 amide bonds. The summed E-state index contributed by atoms with van der Waals surface area (Å²) in [6.07, 6.45) is 1.60. The van der Waals surface area contributed by atoms with Crippen molar-refractivity contribution in [2.45, 2.75) is 37.5 Å². The number of halogens is 1. The van der Waals surface area contributed by atoms with Crippen molar-refractivity contribution in [3.05, 3.63) is 39.4 Å². The van der Waals surface area contributed by atoms with Crippen molar-refractivity contribution in [2.24, 2.45) is 5.16 Å². The lowest BCUT2D eigenvalue weighted by Gasteiger charge is -2.22. The Morgan fingerprint density at radius 3 is 2.62 bits per heavy atom. The summed E-state index contributed by atoms with van der Waals surface area (Å²) in [6.45, 7) is 1.65. The first-order chi connectivity index (χ1) is 12.3. The van der Waals surface area contributed by atoms with Crippen LogP contribution in [0.2, 0.25) is 0 Å². The highest BCUT2D eigenvalue weighted by atomic mass is 35.5. The van der Waals surface area contributed by atoms with Gasteiger partial charge >= 0.3 is 0 Å². The quantitative estimate of drug-likeness (QED) is 0.446. The van der Waals surface area contributed by atoms with E-state index in [2.05, 4.69) is 5.16 Å². The van der Waals surface area contributed by atoms with Crippen LogP contribution in [-0.2, 0) is 19.5 Å². The zero-order valence-electron chi connectivity index (χ0n) is 14.5. The largest absolute Gasteiger partial charge is 0.399 e. The summed E-state index contributed by atoms with van der Waals surface area (Å²) < 4.78 is 24.8. The maximum Gasteiger partial charge on any atom is 0.198 e. The predicted molar refractivity (Wildman–Crippen MR) is 97.5 cm³/mol. The second-order valence-corrected chi connectivity index (χ2v) is 8.82. The molecule has 2 aliphatic rings. The number of carbonyl (C=O) groups excluding carboxylic acids is 2. The highest BCUT2D eigenvalue weighted by Gasteiger charge is 2.33. The molecule has 0 aromatic heterocycles. The zero-order chi connectivity index (χ0) is 19.1. The van der Waals surface area contributed by atoms with Gasteiger partial charge in [-0.3, -0.25) is 9.59 Å². The summed E-state index contributed by atoms with van der Waals surface area (Å²) in [5.74, 6) is -0.814. The van der Waals surface area contributed by atoms with Crippen LogP contribution in [0.15, 0.2) is 32.8 Å². The molecule has 0 fully saturated rings. The lowest BCUT2D eigenvalue weighted by atomic mass is 9.88. The smallest absolute Gasteiger partial charge is 0.198 e. The third-order valence-electron chi connectivity index (χ3n) is 4.68. The van der Waals surface area contributed by atoms with Crippen LogP contribution in [0.5, 0.6) is 0 Å². The molecule has 138 valence electrons. The van der Waals surface area contributed by atoms with E-state index in [1.54, 1.807) is 6.92 Å². The summed E-state index contributed by atoms with van der Waals surface area (Å²) in [7, 11) is -2.08. The number of sulfone groups is 1. The Morgan fingerprint density at radius 2 is 1.96 bits per heavy atom. The van der Waals surface area contributed by atoms with Gasteiger partial charge in [0.25, 0.3) is 0 Å². The summed E-state index contributed by atoms with van der Waals surface area (Å²) >= 11 is 6.14. The Hall–Kier alpha value is -1.99. The van der Waals surface area contributed by atoms with Gasteiger partial charge in [0.2, 0.25) is 0 Å². The molecule has 0 bridgehead atoms. The van der Waals surface area contributed by atoms with Gasteiger partial charge in [0.05, 0.1) is 21.9 Å². The number of allylic oxidation sites excluding steroid dienone is 2. The van der Waals surface area contributed by atoms with Crippen LogP contribution in [0.4, 0.5) is 0 Å². The van der Waals surface area contributed by atoms with Gasteiger partial charge in [-0.15, -0.1) is 0 Å². The molecule has 0 N–H and O–H groups in total. The van der Waals surface area contributed by atoms with E-state index in [-0.39, 0.29) is 45.4 Å². The fourth-order valence-electron chi connectivity index (χ4n) is 3.41. The van der Waals surface area contributed by atoms with Crippen molar-refractivity contribution in [2.75, 3.05) is 12.9 Å². The number of carbonyl (C=O) groups is 2. The second-order valence-electron chi connectivity index (χ2n) is 6.29. The Bertz CT molecular complexity index is 976. The Balaban J connectivity index is 2.21. The van der Waals surface area contributed by atoms with Crippen LogP contribution in [-0.4, -0.2) is 38.6 Å². The molecular formula is C18H18ClNO5S. The van der Waals surface area contributed by atoms with E-state index >= 15 is 0 Å². The molecule has 0 saturated heterocycles. The number of rotatable bonds is 3. The minimum absolute atomic E-state index is 0.00450. The molecule has 6 nitrogen and oxygen atoms in total. The van der Waals surface area contributed by atoms with E-state index in [1.807, 2.05) is 0 Å². The van der Waals surface area contributed by atoms with Crippen LogP contribution in [0.1, 0.15) is 47.2 Å². The average Bonchev–Trinajstić information content (AvgIpc) is 2.57. The summed E-state index contributed by atoms with van der Waals surface area (Å²) in [5.41, 5.74) is 1.57. The van der Waals surface area contributed by atoms with Crippen LogP contribution < -0.4 is 0 Å². The minimum atomic E-state index is -3.46. The summed E-state index contributed by atoms with van der Waals surface area (Å²) in [5, 5.41) is 4.20. The van der Waals surface area contributed by atoms with Gasteiger partial charge in [-0.25, -0.2) is 8.42 Å². The second kappa shape index (κ2) is 6.96. The van der Waals surface area contributed by atoms with E-state index in [1.165, 1.54) is 19.2 Å². The lowest BCUT2D eigenvalue weighted by molar-refractivity contribution is -0.115. The number of hydrogen-bond donors (Lipinski definition) is 0. The maximum absolute atomic E-state index is 13.0. The van der Waals surface area contributed by atoms with E-state index in [9.17, 15) is 18.0 Å². The lowest BCUT2D eigenvalue weighted by Crippen LogP contribution is -2.25. The number of ketones is 2. The molecule has 3 rings (SSSR count). The van der Waals surface area contributed by atoms with Crippen LogP contribution in [0.3, 0.4) is 0 Å². The van der Waals surface area contributed by atoms with Gasteiger partial charge in [-0.2, -0.15) is 0 Å². The molecule has 0 unspecified atom stereocenters. The SMILES string of the molecule is CO/N=C1\CCS(=O)(=O)c2ccc(C(=O)C3=C(Cl)CCCC3=O)c(C)c21. The number of nitrogens with zero attached hydrogens (tertiary/aromatic N) is 1. The molecule has 0 saturated carbocycles. The van der Waals surface area contributed by atoms with Gasteiger partial charge in [0.1, 0.15) is 7.11 Å². The van der Waals surface area contributed by atoms with E-state index < -0.39 is 15.6 Å². The molecule has 26 heavy (non-hydrogen) atoms. The third kappa shape index (κ3) is 3.10. The van der Waals surface area contributed by atoms with Crippen molar-refractivity contribution >= 4 is 38.7 Å². The topological polar surface area (TPSA) is 89.9 Å². The van der Waals surface area contributed by atoms with Crippen LogP contribution in [0.25, 0.3) is 0 Å². The fourth-order valence-corrected chi connectivity index (χ4v) is 5.27. The molecule has 0 atom stereocenters. The predicted octanol–water partition coefficient (Wildman–Crippen LogP) is 2.95. The normalized spacial score (nSPS) is 20.9. The van der Waals surface area contributed by atoms with Crippen molar-refractivity contribution < 1.29 is 22.8 Å². The third-order valence-corrected chi connectivity index (χ3v) is 6.81.